The van der Waals surface area contributed by atoms with E-state index in [0.29, 0.717) is 23.9 Å². The van der Waals surface area contributed by atoms with Gasteiger partial charge in [0.15, 0.2) is 0 Å². The molecule has 5 nitrogen and oxygen atoms in total. The summed E-state index contributed by atoms with van der Waals surface area (Å²) in [6.07, 6.45) is 3.23. The zero-order valence-electron chi connectivity index (χ0n) is 14.9. The molecule has 128 valence electrons. The zero-order valence-corrected chi connectivity index (χ0v) is 14.9. The summed E-state index contributed by atoms with van der Waals surface area (Å²) in [5.41, 5.74) is 3.79. The molecule has 0 saturated heterocycles. The van der Waals surface area contributed by atoms with Gasteiger partial charge < -0.3 is 10.6 Å². The molecule has 1 aromatic carbocycles. The van der Waals surface area contributed by atoms with Crippen molar-refractivity contribution in [3.63, 3.8) is 0 Å². The van der Waals surface area contributed by atoms with Crippen molar-refractivity contribution in [2.75, 3.05) is 11.9 Å². The molecule has 24 heavy (non-hydrogen) atoms. The molecule has 0 atom stereocenters. The van der Waals surface area contributed by atoms with Crippen LogP contribution in [0.4, 0.5) is 11.5 Å². The van der Waals surface area contributed by atoms with E-state index >= 15 is 0 Å². The molecule has 0 saturated carbocycles. The smallest absolute Gasteiger partial charge is 0.270 e. The van der Waals surface area contributed by atoms with Crippen molar-refractivity contribution >= 4 is 17.4 Å². The number of anilines is 2. The number of hydrogen-bond acceptors (Lipinski definition) is 4. The van der Waals surface area contributed by atoms with E-state index in [2.05, 4.69) is 53.5 Å². The van der Waals surface area contributed by atoms with E-state index in [-0.39, 0.29) is 5.91 Å². The number of aryl methyl sites for hydroxylation is 3. The lowest BCUT2D eigenvalue weighted by atomic mass is 10.1. The van der Waals surface area contributed by atoms with Gasteiger partial charge in [-0.2, -0.15) is 0 Å². The van der Waals surface area contributed by atoms with E-state index in [1.807, 2.05) is 6.07 Å². The lowest BCUT2D eigenvalue weighted by Gasteiger charge is -2.10. The van der Waals surface area contributed by atoms with Crippen molar-refractivity contribution in [3.8, 4) is 0 Å². The van der Waals surface area contributed by atoms with Crippen molar-refractivity contribution < 1.29 is 4.79 Å². The number of unbranched alkanes of at least 4 members (excludes halogenated alkanes) is 2. The van der Waals surface area contributed by atoms with Crippen molar-refractivity contribution in [3.05, 3.63) is 46.9 Å². The molecule has 0 radical (unpaired) electrons. The Morgan fingerprint density at radius 2 is 1.83 bits per heavy atom. The average molecular weight is 326 g/mol. The summed E-state index contributed by atoms with van der Waals surface area (Å²) in [6.45, 7) is 8.76. The van der Waals surface area contributed by atoms with Crippen LogP contribution in [0.3, 0.4) is 0 Å². The quantitative estimate of drug-likeness (QED) is 0.753. The van der Waals surface area contributed by atoms with Crippen molar-refractivity contribution in [2.45, 2.75) is 47.0 Å². The Hall–Kier alpha value is -2.43. The highest BCUT2D eigenvalue weighted by atomic mass is 16.1. The lowest BCUT2D eigenvalue weighted by molar-refractivity contribution is 0.0947. The highest BCUT2D eigenvalue weighted by Gasteiger charge is 2.10. The highest BCUT2D eigenvalue weighted by Crippen LogP contribution is 2.19. The van der Waals surface area contributed by atoms with Gasteiger partial charge in [0.1, 0.15) is 17.3 Å². The number of aromatic nitrogens is 2. The van der Waals surface area contributed by atoms with Crippen molar-refractivity contribution in [1.29, 1.82) is 0 Å². The van der Waals surface area contributed by atoms with Crippen LogP contribution >= 0.6 is 0 Å². The van der Waals surface area contributed by atoms with Gasteiger partial charge in [0.05, 0.1) is 0 Å². The van der Waals surface area contributed by atoms with E-state index in [0.717, 1.165) is 24.9 Å². The Balaban J connectivity index is 2.10. The Morgan fingerprint density at radius 3 is 2.54 bits per heavy atom. The van der Waals surface area contributed by atoms with Crippen LogP contribution < -0.4 is 10.6 Å². The maximum Gasteiger partial charge on any atom is 0.270 e. The first-order valence-corrected chi connectivity index (χ1v) is 8.47. The second-order valence-corrected chi connectivity index (χ2v) is 6.07. The molecule has 5 heteroatoms. The van der Waals surface area contributed by atoms with E-state index in [1.165, 1.54) is 11.1 Å². The Morgan fingerprint density at radius 1 is 1.04 bits per heavy atom. The topological polar surface area (TPSA) is 66.9 Å². The van der Waals surface area contributed by atoms with Crippen LogP contribution in [0.25, 0.3) is 0 Å². The molecule has 0 aliphatic heterocycles. The van der Waals surface area contributed by atoms with Gasteiger partial charge in [0.2, 0.25) is 0 Å². The normalized spacial score (nSPS) is 10.5. The summed E-state index contributed by atoms with van der Waals surface area (Å²) < 4.78 is 0. The minimum absolute atomic E-state index is 0.153. The molecule has 2 rings (SSSR count). The predicted molar refractivity (Wildman–Crippen MR) is 97.8 cm³/mol. The van der Waals surface area contributed by atoms with Gasteiger partial charge >= 0.3 is 0 Å². The number of amides is 1. The number of benzene rings is 1. The first kappa shape index (κ1) is 17.9. The average Bonchev–Trinajstić information content (AvgIpc) is 2.54. The van der Waals surface area contributed by atoms with Gasteiger partial charge in [-0.05, 0) is 50.5 Å². The minimum atomic E-state index is -0.153. The van der Waals surface area contributed by atoms with Crippen molar-refractivity contribution in [2.24, 2.45) is 0 Å². The summed E-state index contributed by atoms with van der Waals surface area (Å²) in [5.74, 6) is 1.05. The molecule has 0 bridgehead atoms. The molecule has 0 aliphatic rings. The summed E-state index contributed by atoms with van der Waals surface area (Å²) in [5, 5.41) is 6.16. The minimum Gasteiger partial charge on any atom is -0.351 e. The van der Waals surface area contributed by atoms with Crippen LogP contribution in [0.15, 0.2) is 24.3 Å². The maximum atomic E-state index is 12.2. The first-order chi connectivity index (χ1) is 11.5. The van der Waals surface area contributed by atoms with Gasteiger partial charge in [-0.3, -0.25) is 4.79 Å². The van der Waals surface area contributed by atoms with Crippen LogP contribution in [-0.4, -0.2) is 22.4 Å². The number of carbonyl (C=O) groups excluding carboxylic acids is 1. The van der Waals surface area contributed by atoms with Gasteiger partial charge in [-0.1, -0.05) is 25.8 Å². The van der Waals surface area contributed by atoms with Gasteiger partial charge in [-0.15, -0.1) is 0 Å². The van der Waals surface area contributed by atoms with Crippen LogP contribution in [-0.2, 0) is 0 Å². The fourth-order valence-corrected chi connectivity index (χ4v) is 2.38. The fraction of sp³-hybridized carbons (Fsp3) is 0.421. The highest BCUT2D eigenvalue weighted by molar-refractivity contribution is 5.93. The molecule has 0 spiro atoms. The number of nitrogens with one attached hydrogen (secondary N) is 2. The van der Waals surface area contributed by atoms with E-state index in [1.54, 1.807) is 13.0 Å². The Labute approximate surface area is 143 Å². The van der Waals surface area contributed by atoms with E-state index in [4.69, 9.17) is 0 Å². The van der Waals surface area contributed by atoms with Gasteiger partial charge in [-0.25, -0.2) is 9.97 Å². The number of carbonyl (C=O) groups is 1. The molecule has 1 amide bonds. The molecule has 2 N–H and O–H groups in total. The second-order valence-electron chi connectivity index (χ2n) is 6.07. The van der Waals surface area contributed by atoms with Crippen LogP contribution in [0.2, 0.25) is 0 Å². The van der Waals surface area contributed by atoms with Gasteiger partial charge in [0, 0.05) is 18.3 Å². The third kappa shape index (κ3) is 5.05. The molecule has 1 heterocycles. The summed E-state index contributed by atoms with van der Waals surface area (Å²) in [7, 11) is 0. The standard InChI is InChI=1S/C19H26N4O/c1-5-6-7-10-20-19(24)17-12-18(22-15(4)21-17)23-16-9-8-13(2)14(3)11-16/h8-9,11-12H,5-7,10H2,1-4H3,(H,20,24)(H,21,22,23). The molecule has 0 fully saturated rings. The van der Waals surface area contributed by atoms with E-state index in [9.17, 15) is 4.79 Å². The largest absolute Gasteiger partial charge is 0.351 e. The van der Waals surface area contributed by atoms with Crippen LogP contribution in [0.1, 0.15) is 53.6 Å². The predicted octanol–water partition coefficient (Wildman–Crippen LogP) is 4.07. The molecule has 1 aromatic heterocycles. The van der Waals surface area contributed by atoms with Crippen molar-refractivity contribution in [1.82, 2.24) is 15.3 Å². The van der Waals surface area contributed by atoms with E-state index < -0.39 is 0 Å². The third-order valence-electron chi connectivity index (χ3n) is 3.92. The Bertz CT molecular complexity index is 713. The number of nitrogens with zero attached hydrogens (tertiary/aromatic N) is 2. The number of hydrogen-bond donors (Lipinski definition) is 2. The fourth-order valence-electron chi connectivity index (χ4n) is 2.38. The summed E-state index contributed by atoms with van der Waals surface area (Å²) in [6, 6.07) is 7.83. The molecule has 0 unspecified atom stereocenters. The molecular formula is C19H26N4O. The monoisotopic (exact) mass is 326 g/mol. The van der Waals surface area contributed by atoms with Crippen LogP contribution in [0.5, 0.6) is 0 Å². The molecular weight excluding hydrogens is 300 g/mol. The lowest BCUT2D eigenvalue weighted by Crippen LogP contribution is -2.25. The summed E-state index contributed by atoms with van der Waals surface area (Å²) in [4.78, 5) is 20.8. The SMILES string of the molecule is CCCCCNC(=O)c1cc(Nc2ccc(C)c(C)c2)nc(C)n1. The number of rotatable bonds is 7. The Kier molecular flexibility index (Phi) is 6.29. The maximum absolute atomic E-state index is 12.2. The summed E-state index contributed by atoms with van der Waals surface area (Å²) >= 11 is 0. The van der Waals surface area contributed by atoms with Gasteiger partial charge in [0.25, 0.3) is 5.91 Å². The molecule has 0 aliphatic carbocycles. The third-order valence-corrected chi connectivity index (χ3v) is 3.92. The first-order valence-electron chi connectivity index (χ1n) is 8.47. The zero-order chi connectivity index (χ0) is 17.5. The van der Waals surface area contributed by atoms with Crippen LogP contribution in [0, 0.1) is 20.8 Å². The second kappa shape index (κ2) is 8.43. The molecule has 2 aromatic rings.